The van der Waals surface area contributed by atoms with Gasteiger partial charge in [-0.3, -0.25) is 14.3 Å². The molecule has 3 heterocycles. The molecular formula is C22H24N4O2S. The maximum atomic E-state index is 13.0. The number of carbonyl (C=O) groups excluding carboxylic acids is 2. The van der Waals surface area contributed by atoms with Crippen molar-refractivity contribution in [1.82, 2.24) is 20.0 Å². The van der Waals surface area contributed by atoms with Gasteiger partial charge in [-0.25, -0.2) is 0 Å². The van der Waals surface area contributed by atoms with E-state index in [2.05, 4.69) is 40.7 Å². The number of carbonyl (C=O) groups is 2. The highest BCUT2D eigenvalue weighted by molar-refractivity contribution is 7.09. The first kappa shape index (κ1) is 19.4. The third kappa shape index (κ3) is 4.56. The van der Waals surface area contributed by atoms with Crippen LogP contribution in [0.15, 0.2) is 47.8 Å². The van der Waals surface area contributed by atoms with E-state index in [1.165, 1.54) is 10.4 Å². The van der Waals surface area contributed by atoms with E-state index in [0.717, 1.165) is 18.4 Å². The monoisotopic (exact) mass is 408 g/mol. The minimum absolute atomic E-state index is 0.0757. The van der Waals surface area contributed by atoms with Gasteiger partial charge in [-0.2, -0.15) is 5.10 Å². The Morgan fingerprint density at radius 2 is 2.03 bits per heavy atom. The molecule has 4 rings (SSSR count). The summed E-state index contributed by atoms with van der Waals surface area (Å²) in [7, 11) is 0. The lowest BCUT2D eigenvalue weighted by atomic mass is 10.1. The summed E-state index contributed by atoms with van der Waals surface area (Å²) >= 11 is 1.68. The Labute approximate surface area is 174 Å². The van der Waals surface area contributed by atoms with Gasteiger partial charge >= 0.3 is 0 Å². The van der Waals surface area contributed by atoms with E-state index in [4.69, 9.17) is 0 Å². The summed E-state index contributed by atoms with van der Waals surface area (Å²) in [6, 6.07) is 13.9. The molecule has 0 atom stereocenters. The van der Waals surface area contributed by atoms with Gasteiger partial charge in [0.25, 0.3) is 11.8 Å². The number of aryl methyl sites for hydroxylation is 2. The number of aromatic nitrogens is 2. The molecule has 1 aromatic carbocycles. The highest BCUT2D eigenvalue weighted by Crippen LogP contribution is 2.17. The minimum Gasteiger partial charge on any atom is -0.350 e. The van der Waals surface area contributed by atoms with Crippen LogP contribution in [0.25, 0.3) is 0 Å². The van der Waals surface area contributed by atoms with Gasteiger partial charge in [0.1, 0.15) is 5.69 Å². The molecule has 29 heavy (non-hydrogen) atoms. The van der Waals surface area contributed by atoms with Crippen molar-refractivity contribution in [3.63, 3.8) is 0 Å². The summed E-state index contributed by atoms with van der Waals surface area (Å²) in [4.78, 5) is 28.6. The molecule has 0 fully saturated rings. The van der Waals surface area contributed by atoms with Crippen LogP contribution in [-0.2, 0) is 19.5 Å². The molecule has 2 amide bonds. The fraction of sp³-hybridized carbons (Fsp3) is 0.318. The zero-order valence-electron chi connectivity index (χ0n) is 16.4. The van der Waals surface area contributed by atoms with Crippen molar-refractivity contribution in [2.45, 2.75) is 32.9 Å². The van der Waals surface area contributed by atoms with Gasteiger partial charge in [0, 0.05) is 37.1 Å². The third-order valence-electron chi connectivity index (χ3n) is 5.05. The topological polar surface area (TPSA) is 67.2 Å². The molecular weight excluding hydrogens is 384 g/mol. The number of nitrogens with one attached hydrogen (secondary N) is 1. The molecule has 7 heteroatoms. The highest BCUT2D eigenvalue weighted by atomic mass is 32.1. The van der Waals surface area contributed by atoms with Crippen molar-refractivity contribution >= 4 is 23.2 Å². The van der Waals surface area contributed by atoms with Crippen LogP contribution < -0.4 is 5.32 Å². The number of benzene rings is 1. The summed E-state index contributed by atoms with van der Waals surface area (Å²) in [6.07, 6.45) is 1.60. The summed E-state index contributed by atoms with van der Waals surface area (Å²) in [6.45, 7) is 4.47. The lowest BCUT2D eigenvalue weighted by molar-refractivity contribution is 0.0745. The molecule has 150 valence electrons. The van der Waals surface area contributed by atoms with Crippen LogP contribution in [0.5, 0.6) is 0 Å². The van der Waals surface area contributed by atoms with E-state index in [-0.39, 0.29) is 11.8 Å². The van der Waals surface area contributed by atoms with E-state index >= 15 is 0 Å². The van der Waals surface area contributed by atoms with Gasteiger partial charge in [-0.1, -0.05) is 35.9 Å². The molecule has 0 saturated heterocycles. The van der Waals surface area contributed by atoms with E-state index in [1.54, 1.807) is 22.1 Å². The number of amides is 2. The standard InChI is InChI=1S/C22H24N4O2S/c1-16-5-7-17(8-6-16)15-25-11-3-12-26-20(22(25)28)14-19(24-26)21(27)23-10-9-18-4-2-13-29-18/h2,4-8,13-14H,3,9-12,15H2,1H3,(H,23,27). The Kier molecular flexibility index (Phi) is 5.76. The lowest BCUT2D eigenvalue weighted by Crippen LogP contribution is -2.30. The maximum Gasteiger partial charge on any atom is 0.272 e. The number of fused-ring (bicyclic) bond motifs is 1. The molecule has 3 aromatic rings. The minimum atomic E-state index is -0.236. The van der Waals surface area contributed by atoms with E-state index in [9.17, 15) is 9.59 Å². The van der Waals surface area contributed by atoms with Gasteiger partial charge in [0.15, 0.2) is 5.69 Å². The van der Waals surface area contributed by atoms with Crippen LogP contribution in [0.2, 0.25) is 0 Å². The maximum absolute atomic E-state index is 13.0. The predicted octanol–water partition coefficient (Wildman–Crippen LogP) is 3.27. The molecule has 0 radical (unpaired) electrons. The van der Waals surface area contributed by atoms with E-state index < -0.39 is 0 Å². The third-order valence-corrected chi connectivity index (χ3v) is 5.98. The van der Waals surface area contributed by atoms with Gasteiger partial charge < -0.3 is 10.2 Å². The quantitative estimate of drug-likeness (QED) is 0.681. The number of thiophene rings is 1. The lowest BCUT2D eigenvalue weighted by Gasteiger charge is -2.20. The van der Waals surface area contributed by atoms with Crippen LogP contribution in [0, 0.1) is 6.92 Å². The summed E-state index contributed by atoms with van der Waals surface area (Å²) in [5.41, 5.74) is 3.09. The van der Waals surface area contributed by atoms with Gasteiger partial charge in [0.2, 0.25) is 0 Å². The largest absolute Gasteiger partial charge is 0.350 e. The first-order valence-electron chi connectivity index (χ1n) is 9.83. The number of hydrogen-bond acceptors (Lipinski definition) is 4. The van der Waals surface area contributed by atoms with Gasteiger partial charge in [-0.15, -0.1) is 11.3 Å². The molecule has 1 N–H and O–H groups in total. The second-order valence-electron chi connectivity index (χ2n) is 7.29. The van der Waals surface area contributed by atoms with Crippen molar-refractivity contribution < 1.29 is 9.59 Å². The van der Waals surface area contributed by atoms with Crippen molar-refractivity contribution in [3.8, 4) is 0 Å². The van der Waals surface area contributed by atoms with Crippen LogP contribution >= 0.6 is 11.3 Å². The first-order chi connectivity index (χ1) is 14.1. The SMILES string of the molecule is Cc1ccc(CN2CCCn3nc(C(=O)NCCc4cccs4)cc3C2=O)cc1. The average molecular weight is 409 g/mol. The van der Waals surface area contributed by atoms with Crippen molar-refractivity contribution in [1.29, 1.82) is 0 Å². The molecule has 1 aliphatic rings. The fourth-order valence-corrected chi connectivity index (χ4v) is 4.16. The Morgan fingerprint density at radius 3 is 2.79 bits per heavy atom. The van der Waals surface area contributed by atoms with Crippen LogP contribution in [0.1, 0.15) is 43.4 Å². The summed E-state index contributed by atoms with van der Waals surface area (Å²) in [5, 5.41) is 9.32. The Bertz CT molecular complexity index is 993. The van der Waals surface area contributed by atoms with Crippen molar-refractivity contribution in [2.75, 3.05) is 13.1 Å². The average Bonchev–Trinajstić information content (AvgIpc) is 3.36. The molecule has 0 aliphatic carbocycles. The predicted molar refractivity (Wildman–Crippen MR) is 113 cm³/mol. The molecule has 1 aliphatic heterocycles. The van der Waals surface area contributed by atoms with E-state index in [1.807, 2.05) is 23.3 Å². The highest BCUT2D eigenvalue weighted by Gasteiger charge is 2.26. The second kappa shape index (κ2) is 8.61. The fourth-order valence-electron chi connectivity index (χ4n) is 3.45. The smallest absolute Gasteiger partial charge is 0.272 e. The summed E-state index contributed by atoms with van der Waals surface area (Å²) in [5.74, 6) is -0.312. The van der Waals surface area contributed by atoms with Gasteiger partial charge in [0.05, 0.1) is 0 Å². The van der Waals surface area contributed by atoms with E-state index in [0.29, 0.717) is 37.6 Å². The van der Waals surface area contributed by atoms with Gasteiger partial charge in [-0.05, 0) is 36.8 Å². The van der Waals surface area contributed by atoms with Crippen LogP contribution in [-0.4, -0.2) is 39.6 Å². The molecule has 2 aromatic heterocycles. The van der Waals surface area contributed by atoms with Crippen molar-refractivity contribution in [3.05, 3.63) is 75.2 Å². The zero-order valence-corrected chi connectivity index (χ0v) is 17.2. The Balaban J connectivity index is 1.43. The molecule has 0 bridgehead atoms. The molecule has 0 spiro atoms. The number of hydrogen-bond donors (Lipinski definition) is 1. The Hall–Kier alpha value is -2.93. The summed E-state index contributed by atoms with van der Waals surface area (Å²) < 4.78 is 1.67. The zero-order chi connectivity index (χ0) is 20.2. The molecule has 0 unspecified atom stereocenters. The molecule has 6 nitrogen and oxygen atoms in total. The molecule has 0 saturated carbocycles. The van der Waals surface area contributed by atoms with Crippen molar-refractivity contribution in [2.24, 2.45) is 0 Å². The second-order valence-corrected chi connectivity index (χ2v) is 8.32. The van der Waals surface area contributed by atoms with Crippen LogP contribution in [0.3, 0.4) is 0 Å². The normalized spacial score (nSPS) is 13.8. The first-order valence-corrected chi connectivity index (χ1v) is 10.7. The Morgan fingerprint density at radius 1 is 1.21 bits per heavy atom. The van der Waals surface area contributed by atoms with Crippen LogP contribution in [0.4, 0.5) is 0 Å². The number of nitrogens with zero attached hydrogens (tertiary/aromatic N) is 3. The number of rotatable bonds is 6.